The number of hydrogen-bond acceptors (Lipinski definition) is 6. The van der Waals surface area contributed by atoms with Crippen molar-refractivity contribution in [1.29, 1.82) is 0 Å². The highest BCUT2D eigenvalue weighted by atomic mass is 32.1. The number of benzene rings is 2. The molecular weight excluding hydrogens is 418 g/mol. The lowest BCUT2D eigenvalue weighted by molar-refractivity contribution is 0.211. The Labute approximate surface area is 192 Å². The molecule has 0 spiro atoms. The molecule has 1 atom stereocenters. The summed E-state index contributed by atoms with van der Waals surface area (Å²) in [5, 5.41) is 15.5. The van der Waals surface area contributed by atoms with Crippen LogP contribution in [0.2, 0.25) is 0 Å². The Morgan fingerprint density at radius 2 is 1.56 bits per heavy atom. The number of piperazine rings is 1. The van der Waals surface area contributed by atoms with Crippen molar-refractivity contribution in [3.8, 4) is 5.88 Å². The molecule has 1 N–H and O–H groups in total. The van der Waals surface area contributed by atoms with E-state index in [1.165, 1.54) is 28.2 Å². The summed E-state index contributed by atoms with van der Waals surface area (Å²) < 4.78 is 1.57. The van der Waals surface area contributed by atoms with Crippen molar-refractivity contribution < 1.29 is 5.11 Å². The minimum atomic E-state index is -0.0251. The fourth-order valence-electron chi connectivity index (χ4n) is 4.49. The third kappa shape index (κ3) is 3.87. The standard InChI is InChI=1S/C25H29N5OS/c1-17(2)19-9-11-20(12-10-19)22(23-24(31)30-25(32-23)26-18(3)27-30)29-15-13-28(14-16-29)21-7-5-4-6-8-21/h4-12,17,22,31H,13-16H2,1-3H3/t22-/m0/s1. The first kappa shape index (κ1) is 21.0. The number of para-hydroxylation sites is 1. The number of aromatic nitrogens is 3. The van der Waals surface area contributed by atoms with Crippen molar-refractivity contribution in [1.82, 2.24) is 19.5 Å². The molecule has 3 heterocycles. The summed E-state index contributed by atoms with van der Waals surface area (Å²) in [6.45, 7) is 10.0. The average molecular weight is 448 g/mol. The topological polar surface area (TPSA) is 56.9 Å². The van der Waals surface area contributed by atoms with Gasteiger partial charge in [-0.15, -0.1) is 5.10 Å². The first-order chi connectivity index (χ1) is 15.5. The van der Waals surface area contributed by atoms with E-state index in [2.05, 4.69) is 88.3 Å². The largest absolute Gasteiger partial charge is 0.492 e. The van der Waals surface area contributed by atoms with E-state index in [9.17, 15) is 5.11 Å². The van der Waals surface area contributed by atoms with Crippen molar-refractivity contribution in [2.45, 2.75) is 32.7 Å². The van der Waals surface area contributed by atoms with Crippen molar-refractivity contribution in [3.05, 3.63) is 76.4 Å². The van der Waals surface area contributed by atoms with Crippen LogP contribution in [0.1, 0.15) is 47.6 Å². The van der Waals surface area contributed by atoms with Gasteiger partial charge in [0.2, 0.25) is 10.8 Å². The number of aryl methyl sites for hydroxylation is 1. The Morgan fingerprint density at radius 1 is 0.906 bits per heavy atom. The first-order valence-corrected chi connectivity index (χ1v) is 12.0. The van der Waals surface area contributed by atoms with Gasteiger partial charge < -0.3 is 10.0 Å². The van der Waals surface area contributed by atoms with Gasteiger partial charge in [0.05, 0.1) is 10.9 Å². The van der Waals surface area contributed by atoms with E-state index in [1.807, 2.05) is 6.92 Å². The number of hydrogen-bond donors (Lipinski definition) is 1. The molecule has 4 aromatic rings. The fourth-order valence-corrected chi connectivity index (χ4v) is 5.66. The lowest BCUT2D eigenvalue weighted by Gasteiger charge is -2.40. The van der Waals surface area contributed by atoms with Crippen LogP contribution in [0.4, 0.5) is 5.69 Å². The van der Waals surface area contributed by atoms with Gasteiger partial charge in [-0.05, 0) is 36.1 Å². The predicted octanol–water partition coefficient (Wildman–Crippen LogP) is 4.84. The van der Waals surface area contributed by atoms with E-state index < -0.39 is 0 Å². The second-order valence-corrected chi connectivity index (χ2v) is 9.73. The average Bonchev–Trinajstić information content (AvgIpc) is 3.32. The van der Waals surface area contributed by atoms with Crippen LogP contribution in [0.5, 0.6) is 5.88 Å². The van der Waals surface area contributed by atoms with E-state index in [0.29, 0.717) is 11.7 Å². The summed E-state index contributed by atoms with van der Waals surface area (Å²) in [6.07, 6.45) is 0. The van der Waals surface area contributed by atoms with Crippen molar-refractivity contribution in [2.75, 3.05) is 31.1 Å². The molecule has 1 aliphatic heterocycles. The van der Waals surface area contributed by atoms with Gasteiger partial charge in [-0.3, -0.25) is 4.90 Å². The predicted molar refractivity (Wildman–Crippen MR) is 130 cm³/mol. The molecule has 0 aliphatic carbocycles. The molecule has 6 nitrogen and oxygen atoms in total. The van der Waals surface area contributed by atoms with Gasteiger partial charge in [-0.25, -0.2) is 4.98 Å². The van der Waals surface area contributed by atoms with E-state index in [1.54, 1.807) is 4.52 Å². The maximum atomic E-state index is 11.1. The lowest BCUT2D eigenvalue weighted by atomic mass is 9.97. The van der Waals surface area contributed by atoms with Crippen molar-refractivity contribution in [3.63, 3.8) is 0 Å². The summed E-state index contributed by atoms with van der Waals surface area (Å²) in [5.41, 5.74) is 3.78. The lowest BCUT2D eigenvalue weighted by Crippen LogP contribution is -2.47. The van der Waals surface area contributed by atoms with E-state index in [0.717, 1.165) is 36.0 Å². The van der Waals surface area contributed by atoms with Crippen LogP contribution in [0.3, 0.4) is 0 Å². The van der Waals surface area contributed by atoms with Crippen LogP contribution in [0.25, 0.3) is 4.96 Å². The minimum absolute atomic E-state index is 0.0251. The van der Waals surface area contributed by atoms with Crippen molar-refractivity contribution >= 4 is 22.0 Å². The van der Waals surface area contributed by atoms with Gasteiger partial charge in [0.15, 0.2) is 0 Å². The molecule has 1 fully saturated rings. The highest BCUT2D eigenvalue weighted by Gasteiger charge is 2.31. The monoisotopic (exact) mass is 447 g/mol. The molecule has 1 saturated heterocycles. The quantitative estimate of drug-likeness (QED) is 0.474. The summed E-state index contributed by atoms with van der Waals surface area (Å²) in [6, 6.07) is 19.4. The third-order valence-corrected chi connectivity index (χ3v) is 7.35. The van der Waals surface area contributed by atoms with Crippen LogP contribution < -0.4 is 4.90 Å². The maximum Gasteiger partial charge on any atom is 0.230 e. The van der Waals surface area contributed by atoms with E-state index >= 15 is 0 Å². The van der Waals surface area contributed by atoms with Gasteiger partial charge in [-0.1, -0.05) is 67.6 Å². The van der Waals surface area contributed by atoms with Crippen LogP contribution in [-0.4, -0.2) is 50.8 Å². The molecular formula is C25H29N5OS. The van der Waals surface area contributed by atoms with Gasteiger partial charge >= 0.3 is 0 Å². The first-order valence-electron chi connectivity index (χ1n) is 11.2. The molecule has 1 aliphatic rings. The van der Waals surface area contributed by atoms with Gasteiger partial charge in [0.1, 0.15) is 5.82 Å². The molecule has 5 rings (SSSR count). The molecule has 32 heavy (non-hydrogen) atoms. The molecule has 2 aromatic heterocycles. The van der Waals surface area contributed by atoms with Crippen LogP contribution >= 0.6 is 11.3 Å². The summed E-state index contributed by atoms with van der Waals surface area (Å²) in [5.74, 6) is 1.36. The SMILES string of the molecule is Cc1nc2sc([C@H](c3ccc(C(C)C)cc3)N3CCN(c4ccccc4)CC3)c(O)n2n1. The third-order valence-electron chi connectivity index (χ3n) is 6.27. The Balaban J connectivity index is 1.48. The molecule has 0 unspecified atom stereocenters. The summed E-state index contributed by atoms with van der Waals surface area (Å²) in [7, 11) is 0. The number of fused-ring (bicyclic) bond motifs is 1. The molecule has 0 amide bonds. The number of thiazole rings is 1. The number of nitrogens with zero attached hydrogens (tertiary/aromatic N) is 5. The zero-order chi connectivity index (χ0) is 22.2. The van der Waals surface area contributed by atoms with E-state index in [-0.39, 0.29) is 11.9 Å². The molecule has 0 radical (unpaired) electrons. The van der Waals surface area contributed by atoms with Gasteiger partial charge in [0.25, 0.3) is 0 Å². The summed E-state index contributed by atoms with van der Waals surface area (Å²) >= 11 is 1.53. The second-order valence-electron chi connectivity index (χ2n) is 8.73. The number of rotatable bonds is 5. The van der Waals surface area contributed by atoms with Crippen LogP contribution in [0.15, 0.2) is 54.6 Å². The molecule has 0 saturated carbocycles. The fraction of sp³-hybridized carbons (Fsp3) is 0.360. The highest BCUT2D eigenvalue weighted by molar-refractivity contribution is 7.17. The van der Waals surface area contributed by atoms with Crippen LogP contribution in [-0.2, 0) is 0 Å². The zero-order valence-corrected chi connectivity index (χ0v) is 19.6. The second kappa shape index (κ2) is 8.56. The van der Waals surface area contributed by atoms with Gasteiger partial charge in [-0.2, -0.15) is 4.52 Å². The van der Waals surface area contributed by atoms with Crippen LogP contribution in [0, 0.1) is 6.92 Å². The van der Waals surface area contributed by atoms with Crippen molar-refractivity contribution in [2.24, 2.45) is 0 Å². The van der Waals surface area contributed by atoms with E-state index in [4.69, 9.17) is 0 Å². The number of anilines is 1. The Kier molecular flexibility index (Phi) is 5.61. The molecule has 7 heteroatoms. The number of aromatic hydroxyl groups is 1. The Bertz CT molecular complexity index is 1190. The molecule has 2 aromatic carbocycles. The normalized spacial score (nSPS) is 16.2. The highest BCUT2D eigenvalue weighted by Crippen LogP contribution is 2.40. The minimum Gasteiger partial charge on any atom is -0.492 e. The van der Waals surface area contributed by atoms with Gasteiger partial charge in [0, 0.05) is 31.9 Å². The Morgan fingerprint density at radius 3 is 2.19 bits per heavy atom. The Hall–Kier alpha value is -2.90. The summed E-state index contributed by atoms with van der Waals surface area (Å²) in [4.78, 5) is 11.0. The molecule has 166 valence electrons. The molecule has 0 bridgehead atoms. The zero-order valence-electron chi connectivity index (χ0n) is 18.8. The smallest absolute Gasteiger partial charge is 0.230 e. The maximum absolute atomic E-state index is 11.1.